The summed E-state index contributed by atoms with van der Waals surface area (Å²) in [6.07, 6.45) is -0.469. The first-order valence-corrected chi connectivity index (χ1v) is 12.5. The molecule has 0 aliphatic carbocycles. The molecule has 11 heteroatoms. The lowest BCUT2D eigenvalue weighted by Crippen LogP contribution is -2.55. The maximum absolute atomic E-state index is 16.0. The van der Waals surface area contributed by atoms with Crippen molar-refractivity contribution in [2.75, 3.05) is 6.54 Å². The summed E-state index contributed by atoms with van der Waals surface area (Å²) in [5, 5.41) is 14.8. The highest BCUT2D eigenvalue weighted by Gasteiger charge is 2.42. The van der Waals surface area contributed by atoms with Crippen LogP contribution >= 0.6 is 0 Å². The van der Waals surface area contributed by atoms with Crippen molar-refractivity contribution in [3.63, 3.8) is 0 Å². The second-order valence-corrected chi connectivity index (χ2v) is 10.1. The van der Waals surface area contributed by atoms with Crippen molar-refractivity contribution in [2.24, 2.45) is 0 Å². The topological polar surface area (TPSA) is 61.8 Å². The monoisotopic (exact) mass is 540 g/mol. The second-order valence-electron chi connectivity index (χ2n) is 10.1. The van der Waals surface area contributed by atoms with Gasteiger partial charge in [-0.15, -0.1) is 0 Å². The summed E-state index contributed by atoms with van der Waals surface area (Å²) in [5.41, 5.74) is 5.04. The van der Waals surface area contributed by atoms with Gasteiger partial charge in [0.05, 0.1) is 34.4 Å². The number of rotatable bonds is 3. The van der Waals surface area contributed by atoms with Gasteiger partial charge >= 0.3 is 6.18 Å². The summed E-state index contributed by atoms with van der Waals surface area (Å²) in [6.45, 7) is 5.85. The van der Waals surface area contributed by atoms with E-state index in [4.69, 9.17) is 5.10 Å². The molecule has 1 unspecified atom stereocenters. The van der Waals surface area contributed by atoms with Crippen LogP contribution in [0.2, 0.25) is 0 Å². The number of dihydropyridines is 1. The predicted molar refractivity (Wildman–Crippen MR) is 137 cm³/mol. The molecular formula is C28H25F5N6. The molecule has 1 atom stereocenters. The normalized spacial score (nSPS) is 19.7. The fraction of sp³-hybridized carbons (Fsp3) is 0.286. The van der Waals surface area contributed by atoms with Crippen LogP contribution < -0.4 is 5.32 Å². The van der Waals surface area contributed by atoms with Crippen LogP contribution in [0.15, 0.2) is 54.4 Å². The summed E-state index contributed by atoms with van der Waals surface area (Å²) in [6, 6.07) is 7.23. The third-order valence-electron chi connectivity index (χ3n) is 7.51. The van der Waals surface area contributed by atoms with Gasteiger partial charge < -0.3 is 5.32 Å². The van der Waals surface area contributed by atoms with Crippen molar-refractivity contribution in [1.82, 2.24) is 30.2 Å². The zero-order valence-electron chi connectivity index (χ0n) is 21.4. The SMILES string of the molecule is Cc1cccc(C)c1-n1nc2c(c1-c1c(F)cc(C)c3[nH]ncc13)CN(C1(F)C=CC(C(F)(F)F)=CN1)CC2. The number of allylic oxidation sites excluding steroid dienone is 2. The van der Waals surface area contributed by atoms with Gasteiger partial charge in [0.25, 0.3) is 5.92 Å². The van der Waals surface area contributed by atoms with E-state index in [1.165, 1.54) is 11.0 Å². The van der Waals surface area contributed by atoms with Crippen LogP contribution in [0.4, 0.5) is 22.0 Å². The number of aryl methyl sites for hydroxylation is 3. The Bertz CT molecular complexity index is 1660. The highest BCUT2D eigenvalue weighted by Crippen LogP contribution is 2.41. The lowest BCUT2D eigenvalue weighted by atomic mass is 9.96. The molecule has 4 heterocycles. The maximum atomic E-state index is 16.0. The highest BCUT2D eigenvalue weighted by atomic mass is 19.4. The highest BCUT2D eigenvalue weighted by molar-refractivity contribution is 5.96. The maximum Gasteiger partial charge on any atom is 0.417 e. The van der Waals surface area contributed by atoms with Gasteiger partial charge in [-0.2, -0.15) is 27.8 Å². The molecule has 0 amide bonds. The average molecular weight is 541 g/mol. The van der Waals surface area contributed by atoms with Crippen molar-refractivity contribution in [3.05, 3.63) is 88.2 Å². The lowest BCUT2D eigenvalue weighted by Gasteiger charge is -2.39. The van der Waals surface area contributed by atoms with Crippen molar-refractivity contribution in [3.8, 4) is 16.9 Å². The van der Waals surface area contributed by atoms with E-state index in [1.54, 1.807) is 17.8 Å². The molecular weight excluding hydrogens is 515 g/mol. The number of hydrogen-bond donors (Lipinski definition) is 2. The third kappa shape index (κ3) is 4.03. The molecule has 2 N–H and O–H groups in total. The van der Waals surface area contributed by atoms with E-state index in [-0.39, 0.29) is 18.7 Å². The number of nitrogens with one attached hydrogen (secondary N) is 2. The van der Waals surface area contributed by atoms with Crippen LogP contribution in [-0.4, -0.2) is 43.5 Å². The van der Waals surface area contributed by atoms with E-state index >= 15 is 8.78 Å². The van der Waals surface area contributed by atoms with Gasteiger partial charge in [0.2, 0.25) is 0 Å². The number of benzene rings is 2. The minimum Gasteiger partial charge on any atom is -0.343 e. The standard InChI is InChI=1S/C28H25F5N6/c1-15-5-4-6-16(2)25(15)39-26(23-19-13-35-36-24(19)17(3)11-21(23)29)20-14-38(10-8-22(20)37-39)27(30)9-7-18(12-34-27)28(31,32)33/h4-7,9,11-13,34H,8,10,14H2,1-3H3,(H,35,36). The van der Waals surface area contributed by atoms with Gasteiger partial charge in [-0.1, -0.05) is 18.2 Å². The predicted octanol–water partition coefficient (Wildman–Crippen LogP) is 6.07. The smallest absolute Gasteiger partial charge is 0.343 e. The van der Waals surface area contributed by atoms with Gasteiger partial charge in [0.1, 0.15) is 5.82 Å². The third-order valence-corrected chi connectivity index (χ3v) is 7.51. The first-order chi connectivity index (χ1) is 18.5. The quantitative estimate of drug-likeness (QED) is 0.245. The summed E-state index contributed by atoms with van der Waals surface area (Å²) in [5.74, 6) is -2.83. The number of para-hydroxylation sites is 1. The molecule has 0 fully saturated rings. The number of H-pyrrole nitrogens is 1. The average Bonchev–Trinajstić information content (AvgIpc) is 3.50. The molecule has 0 bridgehead atoms. The van der Waals surface area contributed by atoms with Gasteiger partial charge in [0.15, 0.2) is 0 Å². The van der Waals surface area contributed by atoms with E-state index in [0.717, 1.165) is 29.0 Å². The van der Waals surface area contributed by atoms with E-state index in [1.807, 2.05) is 32.0 Å². The molecule has 39 heavy (non-hydrogen) atoms. The van der Waals surface area contributed by atoms with Gasteiger partial charge in [-0.3, -0.25) is 5.10 Å². The number of aromatic amines is 1. The van der Waals surface area contributed by atoms with Crippen LogP contribution in [0.5, 0.6) is 0 Å². The lowest BCUT2D eigenvalue weighted by molar-refractivity contribution is -0.0911. The Hall–Kier alpha value is -3.99. The molecule has 2 aliphatic rings. The Balaban J connectivity index is 1.53. The Morgan fingerprint density at radius 3 is 2.49 bits per heavy atom. The first-order valence-electron chi connectivity index (χ1n) is 12.5. The van der Waals surface area contributed by atoms with Gasteiger partial charge in [-0.25, -0.2) is 14.0 Å². The molecule has 0 saturated carbocycles. The van der Waals surface area contributed by atoms with E-state index in [0.29, 0.717) is 46.0 Å². The van der Waals surface area contributed by atoms with Crippen LogP contribution in [0.3, 0.4) is 0 Å². The van der Waals surface area contributed by atoms with Gasteiger partial charge in [-0.05, 0) is 55.7 Å². The van der Waals surface area contributed by atoms with Crippen molar-refractivity contribution in [2.45, 2.75) is 45.8 Å². The van der Waals surface area contributed by atoms with Crippen molar-refractivity contribution < 1.29 is 22.0 Å². The molecule has 2 aromatic carbocycles. The molecule has 2 aliphatic heterocycles. The summed E-state index contributed by atoms with van der Waals surface area (Å²) < 4.78 is 73.0. The number of aromatic nitrogens is 4. The molecule has 202 valence electrons. The summed E-state index contributed by atoms with van der Waals surface area (Å²) in [4.78, 5) is 1.40. The fourth-order valence-electron chi connectivity index (χ4n) is 5.54. The number of halogens is 5. The van der Waals surface area contributed by atoms with Crippen LogP contribution in [0.25, 0.3) is 27.8 Å². The fourth-order valence-corrected chi connectivity index (χ4v) is 5.54. The van der Waals surface area contributed by atoms with Crippen molar-refractivity contribution >= 4 is 10.9 Å². The number of hydrogen-bond acceptors (Lipinski definition) is 4. The minimum absolute atomic E-state index is 0.00864. The Labute approximate surface area is 220 Å². The number of fused-ring (bicyclic) bond motifs is 2. The summed E-state index contributed by atoms with van der Waals surface area (Å²) in [7, 11) is 0. The van der Waals surface area contributed by atoms with E-state index in [2.05, 4.69) is 15.5 Å². The number of alkyl halides is 4. The number of nitrogens with zero attached hydrogens (tertiary/aromatic N) is 4. The molecule has 6 nitrogen and oxygen atoms in total. The first kappa shape index (κ1) is 25.3. The Kier molecular flexibility index (Phi) is 5.69. The Morgan fingerprint density at radius 1 is 1.08 bits per heavy atom. The van der Waals surface area contributed by atoms with Crippen LogP contribution in [-0.2, 0) is 13.0 Å². The molecule has 2 aromatic heterocycles. The second kappa shape index (κ2) is 8.77. The molecule has 0 spiro atoms. The van der Waals surface area contributed by atoms with E-state index in [9.17, 15) is 13.2 Å². The van der Waals surface area contributed by atoms with Crippen LogP contribution in [0.1, 0.15) is 27.9 Å². The molecule has 4 aromatic rings. The van der Waals surface area contributed by atoms with Crippen molar-refractivity contribution in [1.29, 1.82) is 0 Å². The molecule has 0 radical (unpaired) electrons. The Morgan fingerprint density at radius 2 is 1.82 bits per heavy atom. The zero-order valence-corrected chi connectivity index (χ0v) is 21.4. The van der Waals surface area contributed by atoms with Crippen LogP contribution in [0, 0.1) is 26.6 Å². The van der Waals surface area contributed by atoms with Gasteiger partial charge in [0, 0.05) is 42.2 Å². The van der Waals surface area contributed by atoms with E-state index < -0.39 is 23.5 Å². The molecule has 6 rings (SSSR count). The summed E-state index contributed by atoms with van der Waals surface area (Å²) >= 11 is 0. The largest absolute Gasteiger partial charge is 0.417 e. The minimum atomic E-state index is -4.60. The zero-order chi connectivity index (χ0) is 27.7. The molecule has 0 saturated heterocycles.